The summed E-state index contributed by atoms with van der Waals surface area (Å²) in [5, 5.41) is 0. The molecule has 1 aliphatic carbocycles. The maximum atomic E-state index is 12.5. The van der Waals surface area contributed by atoms with Crippen molar-refractivity contribution in [2.24, 2.45) is 0 Å². The highest BCUT2D eigenvalue weighted by Gasteiger charge is 2.11. The highest BCUT2D eigenvalue weighted by molar-refractivity contribution is 6.08. The van der Waals surface area contributed by atoms with Crippen molar-refractivity contribution >= 4 is 5.78 Å². The van der Waals surface area contributed by atoms with Crippen LogP contribution in [-0.2, 0) is 0 Å². The molecule has 1 aliphatic rings. The molecule has 0 unspecified atom stereocenters. The van der Waals surface area contributed by atoms with Gasteiger partial charge in [0, 0.05) is 5.56 Å². The predicted molar refractivity (Wildman–Crippen MR) is 85.0 cm³/mol. The zero-order chi connectivity index (χ0) is 14.0. The highest BCUT2D eigenvalue weighted by Crippen LogP contribution is 2.19. The van der Waals surface area contributed by atoms with Crippen LogP contribution in [-0.4, -0.2) is 5.78 Å². The van der Waals surface area contributed by atoms with Gasteiger partial charge in [0.15, 0.2) is 5.78 Å². The van der Waals surface area contributed by atoms with Crippen molar-refractivity contribution in [1.82, 2.24) is 0 Å². The van der Waals surface area contributed by atoms with Crippen LogP contribution in [0.1, 0.15) is 74.6 Å². The van der Waals surface area contributed by atoms with Crippen LogP contribution in [0.2, 0.25) is 0 Å². The van der Waals surface area contributed by atoms with E-state index >= 15 is 0 Å². The molecule has 1 heteroatoms. The maximum Gasteiger partial charge on any atom is 0.188 e. The quantitative estimate of drug-likeness (QED) is 0.629. The first-order chi connectivity index (χ1) is 9.88. The summed E-state index contributed by atoms with van der Waals surface area (Å²) >= 11 is 0. The minimum Gasteiger partial charge on any atom is -0.289 e. The van der Waals surface area contributed by atoms with Gasteiger partial charge in [-0.25, -0.2) is 0 Å². The van der Waals surface area contributed by atoms with Crippen LogP contribution in [0.4, 0.5) is 0 Å². The summed E-state index contributed by atoms with van der Waals surface area (Å²) in [7, 11) is 0. The van der Waals surface area contributed by atoms with Gasteiger partial charge in [-0.3, -0.25) is 4.79 Å². The van der Waals surface area contributed by atoms with Gasteiger partial charge in [-0.15, -0.1) is 0 Å². The minimum absolute atomic E-state index is 0.239. The second kappa shape index (κ2) is 8.73. The molecule has 0 bridgehead atoms. The fourth-order valence-electron chi connectivity index (χ4n) is 2.88. The summed E-state index contributed by atoms with van der Waals surface area (Å²) in [4.78, 5) is 12.5. The smallest absolute Gasteiger partial charge is 0.188 e. The molecule has 0 spiro atoms. The second-order valence-corrected chi connectivity index (χ2v) is 5.79. The Balaban J connectivity index is 2.02. The van der Waals surface area contributed by atoms with E-state index in [0.717, 1.165) is 30.4 Å². The van der Waals surface area contributed by atoms with Crippen molar-refractivity contribution in [3.05, 3.63) is 47.5 Å². The van der Waals surface area contributed by atoms with Crippen LogP contribution in [0.25, 0.3) is 0 Å². The van der Waals surface area contributed by atoms with E-state index in [4.69, 9.17) is 0 Å². The third kappa shape index (κ3) is 4.96. The van der Waals surface area contributed by atoms with Gasteiger partial charge in [-0.05, 0) is 31.3 Å². The van der Waals surface area contributed by atoms with E-state index < -0.39 is 0 Å². The summed E-state index contributed by atoms with van der Waals surface area (Å²) in [6.45, 7) is 0. The van der Waals surface area contributed by atoms with Crippen molar-refractivity contribution in [1.29, 1.82) is 0 Å². The Kier molecular flexibility index (Phi) is 6.56. The molecule has 0 atom stereocenters. The number of ketones is 1. The minimum atomic E-state index is 0.239. The summed E-state index contributed by atoms with van der Waals surface area (Å²) < 4.78 is 0. The van der Waals surface area contributed by atoms with Crippen LogP contribution < -0.4 is 0 Å². The number of benzene rings is 1. The number of hydrogen-bond donors (Lipinski definition) is 0. The van der Waals surface area contributed by atoms with Crippen molar-refractivity contribution in [3.63, 3.8) is 0 Å². The molecule has 0 radical (unpaired) electrons. The SMILES string of the molecule is O=C(/C1=C/CCCCCCCCCC1)c1ccccc1. The van der Waals surface area contributed by atoms with Gasteiger partial charge in [-0.1, -0.05) is 74.9 Å². The first kappa shape index (κ1) is 15.0. The molecule has 2 rings (SSSR count). The van der Waals surface area contributed by atoms with Gasteiger partial charge in [0.2, 0.25) is 0 Å². The molecule has 0 saturated carbocycles. The Bertz CT molecular complexity index is 430. The van der Waals surface area contributed by atoms with Gasteiger partial charge in [0.05, 0.1) is 0 Å². The number of carbonyl (C=O) groups excluding carboxylic acids is 1. The van der Waals surface area contributed by atoms with Crippen molar-refractivity contribution in [2.45, 2.75) is 64.2 Å². The molecule has 0 aliphatic heterocycles. The Morgan fingerprint density at radius 1 is 0.750 bits per heavy atom. The number of rotatable bonds is 2. The lowest BCUT2D eigenvalue weighted by Gasteiger charge is -2.09. The van der Waals surface area contributed by atoms with Gasteiger partial charge in [0.25, 0.3) is 0 Å². The molecule has 1 aromatic carbocycles. The lowest BCUT2D eigenvalue weighted by molar-refractivity contribution is 0.103. The van der Waals surface area contributed by atoms with E-state index in [1.165, 1.54) is 44.9 Å². The van der Waals surface area contributed by atoms with E-state index in [9.17, 15) is 4.79 Å². The summed E-state index contributed by atoms with van der Waals surface area (Å²) in [6, 6.07) is 9.72. The van der Waals surface area contributed by atoms with Gasteiger partial charge in [-0.2, -0.15) is 0 Å². The number of Topliss-reactive ketones (excluding diaryl/α,β-unsaturated/α-hetero) is 1. The first-order valence-electron chi connectivity index (χ1n) is 8.17. The molecule has 1 nitrogen and oxygen atoms in total. The third-order valence-corrected chi connectivity index (χ3v) is 4.12. The molecule has 0 amide bonds. The molecule has 1 aromatic rings. The Morgan fingerprint density at radius 3 is 2.05 bits per heavy atom. The lowest BCUT2D eigenvalue weighted by atomic mass is 9.95. The summed E-state index contributed by atoms with van der Waals surface area (Å²) in [6.07, 6.45) is 14.6. The standard InChI is InChI=1S/C19H26O/c20-19(18-15-11-8-12-16-18)17-13-9-6-4-2-1-3-5-7-10-14-17/h8,11-13,15-16H,1-7,9-10,14H2/b17-13+. The number of carbonyl (C=O) groups is 1. The molecular weight excluding hydrogens is 244 g/mol. The third-order valence-electron chi connectivity index (χ3n) is 4.12. The Morgan fingerprint density at radius 2 is 1.35 bits per heavy atom. The first-order valence-corrected chi connectivity index (χ1v) is 8.17. The molecule has 0 heterocycles. The lowest BCUT2D eigenvalue weighted by Crippen LogP contribution is -2.04. The fourth-order valence-corrected chi connectivity index (χ4v) is 2.88. The summed E-state index contributed by atoms with van der Waals surface area (Å²) in [5.41, 5.74) is 1.88. The van der Waals surface area contributed by atoms with Crippen LogP contribution in [0.3, 0.4) is 0 Å². The molecule has 108 valence electrons. The van der Waals surface area contributed by atoms with Gasteiger partial charge >= 0.3 is 0 Å². The van der Waals surface area contributed by atoms with E-state index in [0.29, 0.717) is 0 Å². The van der Waals surface area contributed by atoms with E-state index in [-0.39, 0.29) is 5.78 Å². The molecule has 0 N–H and O–H groups in total. The Labute approximate surface area is 123 Å². The van der Waals surface area contributed by atoms with E-state index in [1.807, 2.05) is 30.3 Å². The Hall–Kier alpha value is -1.37. The average Bonchev–Trinajstić information content (AvgIpc) is 2.48. The molecule has 0 fully saturated rings. The van der Waals surface area contributed by atoms with Crippen molar-refractivity contribution < 1.29 is 4.79 Å². The van der Waals surface area contributed by atoms with Crippen LogP contribution in [0, 0.1) is 0 Å². The number of allylic oxidation sites excluding steroid dienone is 2. The normalized spacial score (nSPS) is 21.1. The molecule has 20 heavy (non-hydrogen) atoms. The maximum absolute atomic E-state index is 12.5. The summed E-state index contributed by atoms with van der Waals surface area (Å²) in [5.74, 6) is 0.239. The van der Waals surface area contributed by atoms with E-state index in [2.05, 4.69) is 6.08 Å². The van der Waals surface area contributed by atoms with Crippen LogP contribution in [0.5, 0.6) is 0 Å². The molecule has 0 aromatic heterocycles. The average molecular weight is 270 g/mol. The van der Waals surface area contributed by atoms with Crippen molar-refractivity contribution in [2.75, 3.05) is 0 Å². The largest absolute Gasteiger partial charge is 0.289 e. The molecular formula is C19H26O. The van der Waals surface area contributed by atoms with Crippen LogP contribution >= 0.6 is 0 Å². The predicted octanol–water partition coefficient (Wildman–Crippen LogP) is 5.71. The zero-order valence-electron chi connectivity index (χ0n) is 12.4. The topological polar surface area (TPSA) is 17.1 Å². The van der Waals surface area contributed by atoms with Crippen LogP contribution in [0.15, 0.2) is 42.0 Å². The zero-order valence-corrected chi connectivity index (χ0v) is 12.4. The van der Waals surface area contributed by atoms with Gasteiger partial charge < -0.3 is 0 Å². The second-order valence-electron chi connectivity index (χ2n) is 5.79. The number of hydrogen-bond acceptors (Lipinski definition) is 1. The van der Waals surface area contributed by atoms with Crippen molar-refractivity contribution in [3.8, 4) is 0 Å². The van der Waals surface area contributed by atoms with Gasteiger partial charge in [0.1, 0.15) is 0 Å². The van der Waals surface area contributed by atoms with E-state index in [1.54, 1.807) is 0 Å². The highest BCUT2D eigenvalue weighted by atomic mass is 16.1. The monoisotopic (exact) mass is 270 g/mol. The molecule has 0 saturated heterocycles. The fraction of sp³-hybridized carbons (Fsp3) is 0.526.